The molecule has 2 aliphatic carbocycles. The second-order valence-corrected chi connectivity index (χ2v) is 5.64. The number of nitrogens with zero attached hydrogens (tertiary/aromatic N) is 1. The number of hydrogen-bond acceptors (Lipinski definition) is 1. The van der Waals surface area contributed by atoms with Crippen LogP contribution in [0.1, 0.15) is 39.0 Å². The minimum absolute atomic E-state index is 0.207. The monoisotopic (exact) mass is 205 g/mol. The van der Waals surface area contributed by atoms with Crippen LogP contribution in [0.2, 0.25) is 0 Å². The molecule has 2 aliphatic heterocycles. The van der Waals surface area contributed by atoms with Gasteiger partial charge in [-0.1, -0.05) is 6.58 Å². The highest BCUT2D eigenvalue weighted by atomic mass is 16.2. The highest BCUT2D eigenvalue weighted by Crippen LogP contribution is 2.50. The van der Waals surface area contributed by atoms with Gasteiger partial charge in [0.15, 0.2) is 0 Å². The molecule has 2 nitrogen and oxygen atoms in total. The van der Waals surface area contributed by atoms with Crippen LogP contribution in [-0.2, 0) is 4.79 Å². The highest BCUT2D eigenvalue weighted by molar-refractivity contribution is 5.76. The summed E-state index contributed by atoms with van der Waals surface area (Å²) in [5.41, 5.74) is 1.12. The average molecular weight is 205 g/mol. The van der Waals surface area contributed by atoms with Crippen molar-refractivity contribution < 1.29 is 4.79 Å². The SMILES string of the molecule is C=C1C2CC3CC(C2)CC(C3)N1C(C)=O. The van der Waals surface area contributed by atoms with E-state index in [0.29, 0.717) is 12.0 Å². The molecule has 15 heavy (non-hydrogen) atoms. The third kappa shape index (κ3) is 1.34. The topological polar surface area (TPSA) is 20.3 Å². The lowest BCUT2D eigenvalue weighted by Gasteiger charge is -2.38. The number of carbonyl (C=O) groups is 1. The van der Waals surface area contributed by atoms with Crippen LogP contribution in [0.25, 0.3) is 0 Å². The van der Waals surface area contributed by atoms with Crippen LogP contribution >= 0.6 is 0 Å². The maximum absolute atomic E-state index is 11.7. The molecule has 2 saturated carbocycles. The van der Waals surface area contributed by atoms with Crippen molar-refractivity contribution in [1.82, 2.24) is 4.90 Å². The fourth-order valence-corrected chi connectivity index (χ4v) is 4.19. The van der Waals surface area contributed by atoms with E-state index < -0.39 is 0 Å². The van der Waals surface area contributed by atoms with E-state index in [1.165, 1.54) is 32.1 Å². The van der Waals surface area contributed by atoms with E-state index in [0.717, 1.165) is 17.5 Å². The maximum atomic E-state index is 11.7. The molecule has 0 radical (unpaired) electrons. The van der Waals surface area contributed by atoms with Crippen LogP contribution in [0, 0.1) is 17.8 Å². The molecule has 2 saturated heterocycles. The minimum atomic E-state index is 0.207. The Labute approximate surface area is 91.3 Å². The number of amides is 1. The van der Waals surface area contributed by atoms with E-state index in [9.17, 15) is 4.79 Å². The van der Waals surface area contributed by atoms with Crippen LogP contribution in [0.15, 0.2) is 12.3 Å². The van der Waals surface area contributed by atoms with Crippen LogP contribution in [0.5, 0.6) is 0 Å². The molecule has 2 heteroatoms. The van der Waals surface area contributed by atoms with Crippen molar-refractivity contribution in [3.05, 3.63) is 12.3 Å². The lowest BCUT2D eigenvalue weighted by atomic mass is 9.68. The van der Waals surface area contributed by atoms with Gasteiger partial charge in [0.1, 0.15) is 0 Å². The van der Waals surface area contributed by atoms with E-state index in [4.69, 9.17) is 0 Å². The first-order chi connectivity index (χ1) is 7.15. The molecule has 0 spiro atoms. The molecule has 4 rings (SSSR count). The van der Waals surface area contributed by atoms with E-state index >= 15 is 0 Å². The molecule has 0 aromatic carbocycles. The average Bonchev–Trinajstić information content (AvgIpc) is 2.28. The molecule has 2 unspecified atom stereocenters. The molecule has 4 fully saturated rings. The first-order valence-corrected chi connectivity index (χ1v) is 6.13. The van der Waals surface area contributed by atoms with Gasteiger partial charge in [0.05, 0.1) is 0 Å². The molecule has 0 aromatic heterocycles. The van der Waals surface area contributed by atoms with Crippen molar-refractivity contribution in [1.29, 1.82) is 0 Å². The Balaban J connectivity index is 1.99. The van der Waals surface area contributed by atoms with Gasteiger partial charge in [-0.3, -0.25) is 4.79 Å². The summed E-state index contributed by atoms with van der Waals surface area (Å²) in [6.45, 7) is 5.87. The molecule has 1 amide bonds. The second-order valence-electron chi connectivity index (χ2n) is 5.64. The van der Waals surface area contributed by atoms with Gasteiger partial charge in [0.2, 0.25) is 5.91 Å². The van der Waals surface area contributed by atoms with Crippen molar-refractivity contribution in [2.24, 2.45) is 17.8 Å². The van der Waals surface area contributed by atoms with Crippen molar-refractivity contribution >= 4 is 5.91 Å². The molecule has 0 aromatic rings. The van der Waals surface area contributed by atoms with E-state index in [1.54, 1.807) is 6.92 Å². The molecule has 82 valence electrons. The lowest BCUT2D eigenvalue weighted by molar-refractivity contribution is -0.129. The van der Waals surface area contributed by atoms with Crippen LogP contribution < -0.4 is 0 Å². The molecule has 4 bridgehead atoms. The number of rotatable bonds is 0. The van der Waals surface area contributed by atoms with Gasteiger partial charge in [-0.05, 0) is 49.9 Å². The van der Waals surface area contributed by atoms with E-state index in [2.05, 4.69) is 6.58 Å². The van der Waals surface area contributed by atoms with Crippen LogP contribution in [0.4, 0.5) is 0 Å². The minimum Gasteiger partial charge on any atom is -0.314 e. The largest absolute Gasteiger partial charge is 0.314 e. The van der Waals surface area contributed by atoms with Gasteiger partial charge in [-0.25, -0.2) is 0 Å². The molecule has 2 heterocycles. The summed E-state index contributed by atoms with van der Waals surface area (Å²) in [6, 6.07) is 0.478. The van der Waals surface area contributed by atoms with Gasteiger partial charge in [0.25, 0.3) is 0 Å². The highest BCUT2D eigenvalue weighted by Gasteiger charge is 2.45. The summed E-state index contributed by atoms with van der Waals surface area (Å²) >= 11 is 0. The zero-order valence-corrected chi connectivity index (χ0v) is 9.41. The Morgan fingerprint density at radius 2 is 1.80 bits per heavy atom. The fourth-order valence-electron chi connectivity index (χ4n) is 4.19. The maximum Gasteiger partial charge on any atom is 0.223 e. The lowest BCUT2D eigenvalue weighted by Crippen LogP contribution is -2.39. The third-order valence-electron chi connectivity index (χ3n) is 4.60. The summed E-state index contributed by atoms with van der Waals surface area (Å²) in [5, 5.41) is 0. The number of fused-ring (bicyclic) bond motifs is 1. The predicted octanol–water partition coefficient (Wildman–Crippen LogP) is 2.56. The van der Waals surface area contributed by atoms with Gasteiger partial charge in [-0.2, -0.15) is 0 Å². The van der Waals surface area contributed by atoms with Gasteiger partial charge >= 0.3 is 0 Å². The van der Waals surface area contributed by atoms with Crippen molar-refractivity contribution in [2.75, 3.05) is 0 Å². The van der Waals surface area contributed by atoms with Crippen molar-refractivity contribution in [3.8, 4) is 0 Å². The second kappa shape index (κ2) is 3.10. The molecule has 4 aliphatic rings. The van der Waals surface area contributed by atoms with E-state index in [1.807, 2.05) is 4.90 Å². The molecule has 0 N–H and O–H groups in total. The number of carbonyl (C=O) groups excluding carboxylic acids is 1. The first-order valence-electron chi connectivity index (χ1n) is 6.13. The van der Waals surface area contributed by atoms with Gasteiger partial charge < -0.3 is 4.90 Å². The smallest absolute Gasteiger partial charge is 0.223 e. The summed E-state index contributed by atoms with van der Waals surface area (Å²) in [7, 11) is 0. The van der Waals surface area contributed by atoms with Crippen molar-refractivity contribution in [3.63, 3.8) is 0 Å². The fraction of sp³-hybridized carbons (Fsp3) is 0.769. The zero-order valence-electron chi connectivity index (χ0n) is 9.41. The summed E-state index contributed by atoms with van der Waals surface area (Å²) in [5.74, 6) is 2.55. The van der Waals surface area contributed by atoms with Crippen molar-refractivity contribution in [2.45, 2.75) is 45.1 Å². The Kier molecular flexibility index (Phi) is 1.95. The third-order valence-corrected chi connectivity index (χ3v) is 4.60. The van der Waals surface area contributed by atoms with Gasteiger partial charge in [0, 0.05) is 18.7 Å². The number of allylic oxidation sites excluding steroid dienone is 1. The molecule has 2 atom stereocenters. The summed E-state index contributed by atoms with van der Waals surface area (Å²) < 4.78 is 0. The van der Waals surface area contributed by atoms with Crippen LogP contribution in [-0.4, -0.2) is 16.8 Å². The number of hydrogen-bond donors (Lipinski definition) is 0. The predicted molar refractivity (Wildman–Crippen MR) is 59.0 cm³/mol. The quantitative estimate of drug-likeness (QED) is 0.595. The summed E-state index contributed by atoms with van der Waals surface area (Å²) in [6.07, 6.45) is 6.44. The molecular formula is C13H19NO. The van der Waals surface area contributed by atoms with Crippen LogP contribution in [0.3, 0.4) is 0 Å². The summed E-state index contributed by atoms with van der Waals surface area (Å²) in [4.78, 5) is 13.7. The Hall–Kier alpha value is -0.790. The van der Waals surface area contributed by atoms with E-state index in [-0.39, 0.29) is 5.91 Å². The first kappa shape index (κ1) is 9.44. The zero-order chi connectivity index (χ0) is 10.6. The Bertz CT molecular complexity index is 308. The normalized spacial score (nSPS) is 43.3. The van der Waals surface area contributed by atoms with Gasteiger partial charge in [-0.15, -0.1) is 0 Å². The standard InChI is InChI=1S/C13H19NO/c1-8-12-4-10-3-11(5-12)7-13(6-10)14(8)9(2)15/h10-13H,1,3-7H2,2H3. The molecular weight excluding hydrogens is 186 g/mol. The Morgan fingerprint density at radius 3 is 2.33 bits per heavy atom. The Morgan fingerprint density at radius 1 is 1.20 bits per heavy atom.